The normalized spacial score (nSPS) is 11.5. The highest BCUT2D eigenvalue weighted by Gasteiger charge is 2.31. The summed E-state index contributed by atoms with van der Waals surface area (Å²) in [6.45, 7) is 7.20. The second-order valence-electron chi connectivity index (χ2n) is 7.42. The number of halogens is 3. The van der Waals surface area contributed by atoms with E-state index in [0.29, 0.717) is 11.3 Å². The number of carbonyl (C=O) groups excluding carboxylic acids is 2. The highest BCUT2D eigenvalue weighted by atomic mass is 19.4. The van der Waals surface area contributed by atoms with Gasteiger partial charge in [0, 0.05) is 24.5 Å². The van der Waals surface area contributed by atoms with Crippen LogP contribution in [0.3, 0.4) is 0 Å². The van der Waals surface area contributed by atoms with Gasteiger partial charge in [-0.05, 0) is 52.0 Å². The van der Waals surface area contributed by atoms with Crippen molar-refractivity contribution in [2.45, 2.75) is 39.9 Å². The van der Waals surface area contributed by atoms with Crippen LogP contribution < -0.4 is 10.1 Å². The highest BCUT2D eigenvalue weighted by Crippen LogP contribution is 2.35. The Hall–Kier alpha value is -3.01. The minimum atomic E-state index is -4.60. The van der Waals surface area contributed by atoms with E-state index in [0.717, 1.165) is 23.9 Å². The van der Waals surface area contributed by atoms with Crippen molar-refractivity contribution in [2.75, 3.05) is 32.2 Å². The molecule has 176 valence electrons. The minimum Gasteiger partial charge on any atom is -0.489 e. The molecule has 0 aliphatic rings. The minimum absolute atomic E-state index is 0.0372. The molecule has 32 heavy (non-hydrogen) atoms. The van der Waals surface area contributed by atoms with E-state index in [9.17, 15) is 22.8 Å². The Morgan fingerprint density at radius 2 is 1.81 bits per heavy atom. The standard InChI is InChI=1S/C22H27F3N2O5/c1-13(2)27-14(3)10-17(15(27)4)21(29)32-12-20(28)26-18-11-16(22(23,24)25)6-7-19(18)31-9-8-30-5/h6-7,10-11,13H,8-9,12H2,1-5H3,(H,26,28). The first kappa shape index (κ1) is 25.3. The van der Waals surface area contributed by atoms with E-state index >= 15 is 0 Å². The van der Waals surface area contributed by atoms with Gasteiger partial charge in [-0.25, -0.2) is 4.79 Å². The zero-order chi connectivity index (χ0) is 24.1. The van der Waals surface area contributed by atoms with E-state index in [1.165, 1.54) is 7.11 Å². The monoisotopic (exact) mass is 456 g/mol. The van der Waals surface area contributed by atoms with Crippen molar-refractivity contribution in [2.24, 2.45) is 0 Å². The highest BCUT2D eigenvalue weighted by molar-refractivity contribution is 5.97. The number of nitrogens with one attached hydrogen (secondary N) is 1. The number of anilines is 1. The first-order valence-corrected chi connectivity index (χ1v) is 9.94. The van der Waals surface area contributed by atoms with Gasteiger partial charge >= 0.3 is 12.1 Å². The summed E-state index contributed by atoms with van der Waals surface area (Å²) in [4.78, 5) is 24.7. The number of rotatable bonds is 9. The third-order valence-electron chi connectivity index (χ3n) is 4.68. The lowest BCUT2D eigenvalue weighted by Crippen LogP contribution is -2.22. The number of amides is 1. The summed E-state index contributed by atoms with van der Waals surface area (Å²) in [5.41, 5.74) is 0.761. The van der Waals surface area contributed by atoms with Crippen molar-refractivity contribution in [3.63, 3.8) is 0 Å². The van der Waals surface area contributed by atoms with Gasteiger partial charge in [0.05, 0.1) is 23.4 Å². The molecule has 0 aliphatic carbocycles. The topological polar surface area (TPSA) is 78.8 Å². The summed E-state index contributed by atoms with van der Waals surface area (Å²) in [5, 5.41) is 2.32. The van der Waals surface area contributed by atoms with Crippen molar-refractivity contribution in [3.05, 3.63) is 46.8 Å². The lowest BCUT2D eigenvalue weighted by molar-refractivity contribution is -0.137. The number of carbonyl (C=O) groups is 2. The summed E-state index contributed by atoms with van der Waals surface area (Å²) in [5.74, 6) is -1.46. The van der Waals surface area contributed by atoms with Gasteiger partial charge in [0.1, 0.15) is 12.4 Å². The predicted molar refractivity (Wildman–Crippen MR) is 112 cm³/mol. The Kier molecular flexibility index (Phi) is 8.31. The molecule has 1 N–H and O–H groups in total. The van der Waals surface area contributed by atoms with E-state index in [-0.39, 0.29) is 30.7 Å². The number of benzene rings is 1. The molecular formula is C22H27F3N2O5. The number of hydrogen-bond donors (Lipinski definition) is 1. The second-order valence-corrected chi connectivity index (χ2v) is 7.42. The van der Waals surface area contributed by atoms with Crippen LogP contribution >= 0.6 is 0 Å². The maximum Gasteiger partial charge on any atom is 0.416 e. The molecule has 0 saturated carbocycles. The Labute approximate surface area is 184 Å². The van der Waals surface area contributed by atoms with Gasteiger partial charge in [0.2, 0.25) is 0 Å². The summed E-state index contributed by atoms with van der Waals surface area (Å²) in [6, 6.07) is 4.53. The van der Waals surface area contributed by atoms with Crippen LogP contribution in [0.15, 0.2) is 24.3 Å². The van der Waals surface area contributed by atoms with Crippen LogP contribution in [0, 0.1) is 13.8 Å². The number of esters is 1. The van der Waals surface area contributed by atoms with Gasteiger partial charge < -0.3 is 24.1 Å². The van der Waals surface area contributed by atoms with Gasteiger partial charge in [0.15, 0.2) is 6.61 Å². The summed E-state index contributed by atoms with van der Waals surface area (Å²) >= 11 is 0. The first-order valence-electron chi connectivity index (χ1n) is 9.94. The zero-order valence-electron chi connectivity index (χ0n) is 18.6. The number of nitrogens with zero attached hydrogens (tertiary/aromatic N) is 1. The predicted octanol–water partition coefficient (Wildman–Crippen LogP) is 4.53. The van der Waals surface area contributed by atoms with Gasteiger partial charge in [-0.1, -0.05) is 0 Å². The number of aromatic nitrogens is 1. The molecule has 0 saturated heterocycles. The van der Waals surface area contributed by atoms with Crippen LogP contribution in [0.4, 0.5) is 18.9 Å². The van der Waals surface area contributed by atoms with E-state index in [2.05, 4.69) is 5.32 Å². The smallest absolute Gasteiger partial charge is 0.416 e. The number of ether oxygens (including phenoxy) is 3. The number of methoxy groups -OCH3 is 1. The molecule has 7 nitrogen and oxygen atoms in total. The fourth-order valence-electron chi connectivity index (χ4n) is 3.34. The van der Waals surface area contributed by atoms with Gasteiger partial charge in [-0.3, -0.25) is 4.79 Å². The lowest BCUT2D eigenvalue weighted by Gasteiger charge is -2.15. The molecule has 1 amide bonds. The molecule has 0 fully saturated rings. The average molecular weight is 456 g/mol. The molecule has 10 heteroatoms. The second kappa shape index (κ2) is 10.5. The fourth-order valence-corrected chi connectivity index (χ4v) is 3.34. The quantitative estimate of drug-likeness (QED) is 0.443. The molecule has 0 atom stereocenters. The lowest BCUT2D eigenvalue weighted by atomic mass is 10.1. The van der Waals surface area contributed by atoms with E-state index in [4.69, 9.17) is 14.2 Å². The van der Waals surface area contributed by atoms with Crippen LogP contribution in [-0.2, 0) is 20.4 Å². The van der Waals surface area contributed by atoms with Gasteiger partial charge in [0.25, 0.3) is 5.91 Å². The van der Waals surface area contributed by atoms with Crippen molar-refractivity contribution >= 4 is 17.6 Å². The van der Waals surface area contributed by atoms with Crippen molar-refractivity contribution in [3.8, 4) is 5.75 Å². The van der Waals surface area contributed by atoms with E-state index < -0.39 is 30.2 Å². The van der Waals surface area contributed by atoms with Crippen molar-refractivity contribution < 1.29 is 37.0 Å². The Morgan fingerprint density at radius 3 is 2.38 bits per heavy atom. The average Bonchev–Trinajstić information content (AvgIpc) is 3.00. The third kappa shape index (κ3) is 6.25. The van der Waals surface area contributed by atoms with Crippen LogP contribution in [-0.4, -0.2) is 43.4 Å². The number of alkyl halides is 3. The molecular weight excluding hydrogens is 429 g/mol. The van der Waals surface area contributed by atoms with E-state index in [1.54, 1.807) is 13.0 Å². The van der Waals surface area contributed by atoms with Gasteiger partial charge in [-0.15, -0.1) is 0 Å². The SMILES string of the molecule is COCCOc1ccc(C(F)(F)F)cc1NC(=O)COC(=O)c1cc(C)n(C(C)C)c1C. The zero-order valence-corrected chi connectivity index (χ0v) is 18.6. The Bertz CT molecular complexity index is 967. The summed E-state index contributed by atoms with van der Waals surface area (Å²) < 4.78 is 56.5. The fraction of sp³-hybridized carbons (Fsp3) is 0.455. The molecule has 0 spiro atoms. The molecule has 0 unspecified atom stereocenters. The van der Waals surface area contributed by atoms with Crippen molar-refractivity contribution in [1.29, 1.82) is 0 Å². The molecule has 1 aromatic heterocycles. The summed E-state index contributed by atoms with van der Waals surface area (Å²) in [7, 11) is 1.45. The van der Waals surface area contributed by atoms with Crippen LogP contribution in [0.2, 0.25) is 0 Å². The molecule has 2 aromatic rings. The van der Waals surface area contributed by atoms with Crippen molar-refractivity contribution in [1.82, 2.24) is 4.57 Å². The summed E-state index contributed by atoms with van der Waals surface area (Å²) in [6.07, 6.45) is -4.60. The number of hydrogen-bond acceptors (Lipinski definition) is 5. The molecule has 2 rings (SSSR count). The Balaban J connectivity index is 2.11. The van der Waals surface area contributed by atoms with Crippen LogP contribution in [0.1, 0.15) is 47.2 Å². The molecule has 1 aromatic carbocycles. The van der Waals surface area contributed by atoms with Gasteiger partial charge in [-0.2, -0.15) is 13.2 Å². The van der Waals surface area contributed by atoms with Crippen LogP contribution in [0.5, 0.6) is 5.75 Å². The third-order valence-corrected chi connectivity index (χ3v) is 4.68. The largest absolute Gasteiger partial charge is 0.489 e. The first-order chi connectivity index (χ1) is 15.0. The number of aryl methyl sites for hydroxylation is 1. The maximum absolute atomic E-state index is 13.1. The molecule has 1 heterocycles. The molecule has 0 bridgehead atoms. The van der Waals surface area contributed by atoms with E-state index in [1.807, 2.05) is 25.3 Å². The van der Waals surface area contributed by atoms with Crippen LogP contribution in [0.25, 0.3) is 0 Å². The molecule has 0 aliphatic heterocycles. The molecule has 0 radical (unpaired) electrons. The maximum atomic E-state index is 13.1. The Morgan fingerprint density at radius 1 is 1.12 bits per heavy atom.